The highest BCUT2D eigenvalue weighted by atomic mass is 32.2. The van der Waals surface area contributed by atoms with E-state index in [1.165, 1.54) is 16.7 Å². The number of aliphatic carboxylic acids is 1. The van der Waals surface area contributed by atoms with Gasteiger partial charge in [0.1, 0.15) is 6.04 Å². The number of piperidine rings is 1. The molecular weight excluding hydrogens is 268 g/mol. The Balaban J connectivity index is 2.11. The maximum atomic E-state index is 12.5. The summed E-state index contributed by atoms with van der Waals surface area (Å²) in [6, 6.07) is -1.04. The molecule has 0 saturated carbocycles. The van der Waals surface area contributed by atoms with Gasteiger partial charge in [0.15, 0.2) is 0 Å². The number of carbonyl (C=O) groups is 2. The van der Waals surface area contributed by atoms with E-state index in [1.54, 1.807) is 11.8 Å². The Bertz CT molecular complexity index is 388. The van der Waals surface area contributed by atoms with Gasteiger partial charge in [-0.25, -0.2) is 9.59 Å². The van der Waals surface area contributed by atoms with Crippen LogP contribution in [-0.2, 0) is 4.79 Å². The smallest absolute Gasteiger partial charge is 0.327 e. The third-order valence-electron chi connectivity index (χ3n) is 3.67. The maximum absolute atomic E-state index is 12.5. The highest BCUT2D eigenvalue weighted by molar-refractivity contribution is 8.00. The monoisotopic (exact) mass is 288 g/mol. The summed E-state index contributed by atoms with van der Waals surface area (Å²) in [5.74, 6) is -0.541. The van der Waals surface area contributed by atoms with Gasteiger partial charge >= 0.3 is 12.0 Å². The van der Waals surface area contributed by atoms with Crippen LogP contribution in [0, 0.1) is 0 Å². The number of hydrogen-bond donors (Lipinski definition) is 2. The Morgan fingerprint density at radius 3 is 2.68 bits per heavy atom. The molecule has 2 fully saturated rings. The number of urea groups is 1. The molecule has 0 radical (unpaired) electrons. The molecule has 0 aromatic carbocycles. The predicted molar refractivity (Wildman–Crippen MR) is 72.0 cm³/mol. The van der Waals surface area contributed by atoms with E-state index in [2.05, 4.69) is 0 Å². The average Bonchev–Trinajstić information content (AvgIpc) is 2.69. The maximum Gasteiger partial charge on any atom is 0.327 e. The van der Waals surface area contributed by atoms with Crippen LogP contribution in [-0.4, -0.2) is 67.9 Å². The lowest BCUT2D eigenvalue weighted by Crippen LogP contribution is -2.56. The van der Waals surface area contributed by atoms with Gasteiger partial charge in [0, 0.05) is 12.3 Å². The van der Waals surface area contributed by atoms with Crippen molar-refractivity contribution in [3.05, 3.63) is 0 Å². The molecule has 0 aliphatic carbocycles. The summed E-state index contributed by atoms with van der Waals surface area (Å²) < 4.78 is 0. The van der Waals surface area contributed by atoms with Crippen molar-refractivity contribution in [3.63, 3.8) is 0 Å². The average molecular weight is 288 g/mol. The summed E-state index contributed by atoms with van der Waals surface area (Å²) in [6.07, 6.45) is 1.41. The lowest BCUT2D eigenvalue weighted by molar-refractivity contribution is -0.141. The van der Waals surface area contributed by atoms with Crippen LogP contribution in [0.25, 0.3) is 0 Å². The Morgan fingerprint density at radius 2 is 2.11 bits per heavy atom. The normalized spacial score (nSPS) is 35.5. The van der Waals surface area contributed by atoms with Crippen molar-refractivity contribution in [2.24, 2.45) is 0 Å². The summed E-state index contributed by atoms with van der Waals surface area (Å²) in [5, 5.41) is 19.1. The van der Waals surface area contributed by atoms with Crippen LogP contribution in [0.4, 0.5) is 4.79 Å². The molecule has 2 amide bonds. The molecule has 2 aliphatic heterocycles. The SMILES string of the molecule is CC1SCC(C(=O)O)N1C(=O)N1CCCC(C)(O)C1. The van der Waals surface area contributed by atoms with Gasteiger partial charge in [-0.2, -0.15) is 0 Å². The molecule has 7 heteroatoms. The number of nitrogens with zero attached hydrogens (tertiary/aromatic N) is 2. The van der Waals surface area contributed by atoms with E-state index >= 15 is 0 Å². The first-order valence-electron chi connectivity index (χ1n) is 6.46. The number of rotatable bonds is 1. The van der Waals surface area contributed by atoms with Gasteiger partial charge in [-0.15, -0.1) is 11.8 Å². The summed E-state index contributed by atoms with van der Waals surface area (Å²) >= 11 is 1.47. The fourth-order valence-corrected chi connectivity index (χ4v) is 3.83. The van der Waals surface area contributed by atoms with Crippen LogP contribution >= 0.6 is 11.8 Å². The molecule has 3 atom stereocenters. The first-order valence-corrected chi connectivity index (χ1v) is 7.51. The zero-order valence-corrected chi connectivity index (χ0v) is 12.0. The van der Waals surface area contributed by atoms with Crippen LogP contribution in [0.3, 0.4) is 0 Å². The molecule has 2 aliphatic rings. The van der Waals surface area contributed by atoms with Crippen molar-refractivity contribution >= 4 is 23.8 Å². The number of carboxylic acid groups (broad SMARTS) is 1. The molecule has 19 heavy (non-hydrogen) atoms. The number of likely N-dealkylation sites (tertiary alicyclic amines) is 1. The van der Waals surface area contributed by atoms with Gasteiger partial charge in [0.2, 0.25) is 0 Å². The van der Waals surface area contributed by atoms with E-state index in [1.807, 2.05) is 6.92 Å². The summed E-state index contributed by atoms with van der Waals surface area (Å²) in [6.45, 7) is 4.40. The van der Waals surface area contributed by atoms with Gasteiger partial charge in [0.05, 0.1) is 17.5 Å². The minimum absolute atomic E-state index is 0.138. The van der Waals surface area contributed by atoms with Gasteiger partial charge in [-0.05, 0) is 26.7 Å². The minimum Gasteiger partial charge on any atom is -0.480 e. The zero-order chi connectivity index (χ0) is 14.2. The van der Waals surface area contributed by atoms with Crippen LogP contribution in [0.1, 0.15) is 26.7 Å². The van der Waals surface area contributed by atoms with E-state index in [4.69, 9.17) is 0 Å². The highest BCUT2D eigenvalue weighted by Gasteiger charge is 2.43. The molecule has 0 aromatic heterocycles. The fourth-order valence-electron chi connectivity index (χ4n) is 2.67. The molecule has 0 aromatic rings. The molecule has 3 unspecified atom stereocenters. The number of carbonyl (C=O) groups excluding carboxylic acids is 1. The number of aliphatic hydroxyl groups is 1. The third-order valence-corrected chi connectivity index (χ3v) is 4.89. The van der Waals surface area contributed by atoms with E-state index < -0.39 is 17.6 Å². The van der Waals surface area contributed by atoms with E-state index in [-0.39, 0.29) is 17.9 Å². The van der Waals surface area contributed by atoms with Gasteiger partial charge in [0.25, 0.3) is 0 Å². The number of β-amino-alcohol motifs (C(OH)–C–C–N with tert-alkyl or cyclic N) is 1. The van der Waals surface area contributed by atoms with Crippen molar-refractivity contribution < 1.29 is 19.8 Å². The quantitative estimate of drug-likeness (QED) is 0.746. The van der Waals surface area contributed by atoms with Crippen molar-refractivity contribution in [1.29, 1.82) is 0 Å². The Hall–Kier alpha value is -0.950. The lowest BCUT2D eigenvalue weighted by Gasteiger charge is -2.40. The number of amides is 2. The standard InChI is InChI=1S/C12H20N2O4S/c1-8-14(9(6-19-8)10(15)16)11(17)13-5-3-4-12(2,18)7-13/h8-9,18H,3-7H2,1-2H3,(H,15,16). The Morgan fingerprint density at radius 1 is 1.42 bits per heavy atom. The fraction of sp³-hybridized carbons (Fsp3) is 0.833. The second kappa shape index (κ2) is 5.20. The van der Waals surface area contributed by atoms with E-state index in [0.717, 1.165) is 6.42 Å². The predicted octanol–water partition coefficient (Wildman–Crippen LogP) is 0.801. The van der Waals surface area contributed by atoms with Gasteiger partial charge in [-0.1, -0.05) is 0 Å². The largest absolute Gasteiger partial charge is 0.480 e. The second-order valence-electron chi connectivity index (χ2n) is 5.50. The van der Waals surface area contributed by atoms with Crippen molar-refractivity contribution in [3.8, 4) is 0 Å². The van der Waals surface area contributed by atoms with Crippen molar-refractivity contribution in [1.82, 2.24) is 9.80 Å². The van der Waals surface area contributed by atoms with Crippen molar-refractivity contribution in [2.45, 2.75) is 43.7 Å². The molecular formula is C12H20N2O4S. The van der Waals surface area contributed by atoms with E-state index in [9.17, 15) is 19.8 Å². The van der Waals surface area contributed by atoms with Gasteiger partial charge in [-0.3, -0.25) is 4.90 Å². The molecule has 2 N–H and O–H groups in total. The molecule has 108 valence electrons. The summed E-state index contributed by atoms with van der Waals surface area (Å²) in [7, 11) is 0. The molecule has 0 bridgehead atoms. The topological polar surface area (TPSA) is 81.1 Å². The third kappa shape index (κ3) is 2.97. The number of carboxylic acids is 1. The molecule has 0 spiro atoms. The van der Waals surface area contributed by atoms with Gasteiger partial charge < -0.3 is 15.1 Å². The van der Waals surface area contributed by atoms with Crippen LogP contribution < -0.4 is 0 Å². The second-order valence-corrected chi connectivity index (χ2v) is 6.85. The van der Waals surface area contributed by atoms with E-state index in [0.29, 0.717) is 18.7 Å². The Labute approximate surface area is 116 Å². The highest BCUT2D eigenvalue weighted by Crippen LogP contribution is 2.31. The summed E-state index contributed by atoms with van der Waals surface area (Å²) in [4.78, 5) is 26.7. The zero-order valence-electron chi connectivity index (χ0n) is 11.2. The van der Waals surface area contributed by atoms with Crippen LogP contribution in [0.15, 0.2) is 0 Å². The summed E-state index contributed by atoms with van der Waals surface area (Å²) in [5.41, 5.74) is -0.872. The molecule has 6 nitrogen and oxygen atoms in total. The van der Waals surface area contributed by atoms with Crippen molar-refractivity contribution in [2.75, 3.05) is 18.8 Å². The minimum atomic E-state index is -0.964. The first kappa shape index (κ1) is 14.5. The number of thioether (sulfide) groups is 1. The molecule has 2 rings (SSSR count). The number of hydrogen-bond acceptors (Lipinski definition) is 4. The first-order chi connectivity index (χ1) is 8.82. The Kier molecular flexibility index (Phi) is 3.96. The lowest BCUT2D eigenvalue weighted by atomic mass is 9.95. The molecule has 2 heterocycles. The van der Waals surface area contributed by atoms with Crippen LogP contribution in [0.2, 0.25) is 0 Å². The van der Waals surface area contributed by atoms with Crippen LogP contribution in [0.5, 0.6) is 0 Å². The molecule has 2 saturated heterocycles.